The molecule has 0 radical (unpaired) electrons. The standard InChI is InChI=1S/C13H16ClNO4S/c1-8-3-12(8)15-13(16)10-4-9(7-19-2)5-11(6-10)20(14,17)18/h4-6,8,12H,3,7H2,1-2H3,(H,15,16). The lowest BCUT2D eigenvalue weighted by molar-refractivity contribution is 0.0948. The van der Waals surface area contributed by atoms with Gasteiger partial charge in [0.05, 0.1) is 11.5 Å². The number of halogens is 1. The van der Waals surface area contributed by atoms with E-state index < -0.39 is 9.05 Å². The summed E-state index contributed by atoms with van der Waals surface area (Å²) in [5.74, 6) is 0.177. The molecule has 1 N–H and O–H groups in total. The fourth-order valence-corrected chi connectivity index (χ4v) is 2.78. The minimum Gasteiger partial charge on any atom is -0.380 e. The zero-order valence-electron chi connectivity index (χ0n) is 11.2. The fourth-order valence-electron chi connectivity index (χ4n) is 1.96. The molecule has 1 aliphatic carbocycles. The van der Waals surface area contributed by atoms with E-state index in [1.165, 1.54) is 19.2 Å². The molecule has 110 valence electrons. The first-order valence-corrected chi connectivity index (χ1v) is 8.50. The maximum atomic E-state index is 12.1. The van der Waals surface area contributed by atoms with Crippen LogP contribution in [-0.4, -0.2) is 27.5 Å². The predicted molar refractivity (Wildman–Crippen MR) is 75.2 cm³/mol. The van der Waals surface area contributed by atoms with Crippen LogP contribution in [0.25, 0.3) is 0 Å². The number of methoxy groups -OCH3 is 1. The molecule has 0 aromatic heterocycles. The summed E-state index contributed by atoms with van der Waals surface area (Å²) >= 11 is 0. The summed E-state index contributed by atoms with van der Waals surface area (Å²) in [4.78, 5) is 12.0. The molecule has 0 spiro atoms. The monoisotopic (exact) mass is 317 g/mol. The lowest BCUT2D eigenvalue weighted by Gasteiger charge is -2.08. The molecule has 2 atom stereocenters. The maximum absolute atomic E-state index is 12.1. The number of ether oxygens (including phenoxy) is 1. The van der Waals surface area contributed by atoms with Crippen LogP contribution in [0, 0.1) is 5.92 Å². The molecular formula is C13H16ClNO4S. The molecule has 20 heavy (non-hydrogen) atoms. The molecule has 0 saturated heterocycles. The van der Waals surface area contributed by atoms with E-state index in [0.717, 1.165) is 6.42 Å². The molecule has 0 aliphatic heterocycles. The zero-order valence-corrected chi connectivity index (χ0v) is 12.8. The number of hydrogen-bond acceptors (Lipinski definition) is 4. The van der Waals surface area contributed by atoms with E-state index >= 15 is 0 Å². The molecule has 1 aromatic carbocycles. The van der Waals surface area contributed by atoms with Crippen molar-refractivity contribution in [1.82, 2.24) is 5.32 Å². The summed E-state index contributed by atoms with van der Waals surface area (Å²) in [5, 5.41) is 2.85. The van der Waals surface area contributed by atoms with Gasteiger partial charge in [-0.3, -0.25) is 4.79 Å². The van der Waals surface area contributed by atoms with Gasteiger partial charge in [-0.05, 0) is 36.1 Å². The average molecular weight is 318 g/mol. The second kappa shape index (κ2) is 5.71. The number of carbonyl (C=O) groups is 1. The number of carbonyl (C=O) groups excluding carboxylic acids is 1. The highest BCUT2D eigenvalue weighted by Gasteiger charge is 2.34. The summed E-state index contributed by atoms with van der Waals surface area (Å²) in [6.45, 7) is 2.25. The third-order valence-electron chi connectivity index (χ3n) is 3.25. The Hall–Kier alpha value is -1.11. The first kappa shape index (κ1) is 15.3. The molecule has 0 heterocycles. The first-order chi connectivity index (χ1) is 9.31. The van der Waals surface area contributed by atoms with Crippen molar-refractivity contribution in [2.75, 3.05) is 7.11 Å². The van der Waals surface area contributed by atoms with Crippen LogP contribution >= 0.6 is 10.7 Å². The summed E-state index contributed by atoms with van der Waals surface area (Å²) in [5.41, 5.74) is 0.862. The molecule has 2 unspecified atom stereocenters. The van der Waals surface area contributed by atoms with Crippen LogP contribution in [0.1, 0.15) is 29.3 Å². The van der Waals surface area contributed by atoms with E-state index in [4.69, 9.17) is 15.4 Å². The molecule has 0 bridgehead atoms. The van der Waals surface area contributed by atoms with Gasteiger partial charge in [0.15, 0.2) is 0 Å². The molecule has 1 aromatic rings. The van der Waals surface area contributed by atoms with Crippen LogP contribution < -0.4 is 5.32 Å². The van der Waals surface area contributed by atoms with Crippen molar-refractivity contribution in [3.8, 4) is 0 Å². The Bertz CT molecular complexity index is 629. The van der Waals surface area contributed by atoms with Crippen molar-refractivity contribution >= 4 is 25.6 Å². The largest absolute Gasteiger partial charge is 0.380 e. The Morgan fingerprint density at radius 3 is 2.60 bits per heavy atom. The number of nitrogens with one attached hydrogen (secondary N) is 1. The number of rotatable bonds is 5. The average Bonchev–Trinajstić information content (AvgIpc) is 3.03. The van der Waals surface area contributed by atoms with Crippen molar-refractivity contribution < 1.29 is 17.9 Å². The fraction of sp³-hybridized carbons (Fsp3) is 0.462. The predicted octanol–water partition coefficient (Wildman–Crippen LogP) is 1.90. The van der Waals surface area contributed by atoms with Crippen LogP contribution in [0.4, 0.5) is 0 Å². The topological polar surface area (TPSA) is 72.5 Å². The lowest BCUT2D eigenvalue weighted by atomic mass is 10.1. The summed E-state index contributed by atoms with van der Waals surface area (Å²) in [6.07, 6.45) is 0.949. The van der Waals surface area contributed by atoms with Crippen LogP contribution in [0.5, 0.6) is 0 Å². The quantitative estimate of drug-likeness (QED) is 0.842. The summed E-state index contributed by atoms with van der Waals surface area (Å²) < 4.78 is 27.9. The Morgan fingerprint density at radius 1 is 1.45 bits per heavy atom. The van der Waals surface area contributed by atoms with Gasteiger partial charge in [0.25, 0.3) is 15.0 Å². The third-order valence-corrected chi connectivity index (χ3v) is 4.58. The Morgan fingerprint density at radius 2 is 2.10 bits per heavy atom. The van der Waals surface area contributed by atoms with E-state index in [1.54, 1.807) is 6.07 Å². The van der Waals surface area contributed by atoms with Gasteiger partial charge in [-0.25, -0.2) is 8.42 Å². The molecule has 2 rings (SSSR count). The van der Waals surface area contributed by atoms with Crippen molar-refractivity contribution in [2.24, 2.45) is 5.92 Å². The number of benzene rings is 1. The van der Waals surface area contributed by atoms with Crippen molar-refractivity contribution in [3.63, 3.8) is 0 Å². The third kappa shape index (κ3) is 3.71. The van der Waals surface area contributed by atoms with Gasteiger partial charge in [0, 0.05) is 29.4 Å². The van der Waals surface area contributed by atoms with Gasteiger partial charge in [0.2, 0.25) is 0 Å². The normalized spacial score (nSPS) is 21.6. The second-order valence-electron chi connectivity index (χ2n) is 5.03. The van der Waals surface area contributed by atoms with E-state index in [9.17, 15) is 13.2 Å². The zero-order chi connectivity index (χ0) is 14.9. The molecule has 1 fully saturated rings. The van der Waals surface area contributed by atoms with Crippen molar-refractivity contribution in [3.05, 3.63) is 29.3 Å². The van der Waals surface area contributed by atoms with Gasteiger partial charge in [-0.15, -0.1) is 0 Å². The molecule has 1 aliphatic rings. The molecular weight excluding hydrogens is 302 g/mol. The Kier molecular flexibility index (Phi) is 4.36. The van der Waals surface area contributed by atoms with E-state index in [2.05, 4.69) is 5.32 Å². The van der Waals surface area contributed by atoms with Crippen LogP contribution in [0.3, 0.4) is 0 Å². The SMILES string of the molecule is COCc1cc(C(=O)NC2CC2C)cc(S(=O)(=O)Cl)c1. The summed E-state index contributed by atoms with van der Waals surface area (Å²) in [6, 6.07) is 4.47. The van der Waals surface area contributed by atoms with Gasteiger partial charge in [0.1, 0.15) is 0 Å². The van der Waals surface area contributed by atoms with E-state index in [0.29, 0.717) is 11.5 Å². The molecule has 1 amide bonds. The molecule has 7 heteroatoms. The highest BCUT2D eigenvalue weighted by Crippen LogP contribution is 2.29. The highest BCUT2D eigenvalue weighted by molar-refractivity contribution is 8.13. The minimum absolute atomic E-state index is 0.0947. The second-order valence-corrected chi connectivity index (χ2v) is 7.60. The van der Waals surface area contributed by atoms with Gasteiger partial charge >= 0.3 is 0 Å². The Labute approximate surface area is 122 Å². The minimum atomic E-state index is -3.89. The number of amides is 1. The van der Waals surface area contributed by atoms with Crippen molar-refractivity contribution in [2.45, 2.75) is 30.9 Å². The molecule has 1 saturated carbocycles. The van der Waals surface area contributed by atoms with Crippen LogP contribution in [0.2, 0.25) is 0 Å². The van der Waals surface area contributed by atoms with Crippen molar-refractivity contribution in [1.29, 1.82) is 0 Å². The highest BCUT2D eigenvalue weighted by atomic mass is 35.7. The first-order valence-electron chi connectivity index (χ1n) is 6.19. The van der Waals surface area contributed by atoms with E-state index in [1.807, 2.05) is 6.92 Å². The molecule has 5 nitrogen and oxygen atoms in total. The van der Waals surface area contributed by atoms with Gasteiger partial charge in [-0.2, -0.15) is 0 Å². The lowest BCUT2D eigenvalue weighted by Crippen LogP contribution is -2.26. The number of hydrogen-bond donors (Lipinski definition) is 1. The smallest absolute Gasteiger partial charge is 0.261 e. The van der Waals surface area contributed by atoms with Crippen LogP contribution in [-0.2, 0) is 20.4 Å². The summed E-state index contributed by atoms with van der Waals surface area (Å²) in [7, 11) is 2.96. The van der Waals surface area contributed by atoms with E-state index in [-0.39, 0.29) is 29.0 Å². The van der Waals surface area contributed by atoms with Gasteiger partial charge < -0.3 is 10.1 Å². The van der Waals surface area contributed by atoms with Gasteiger partial charge in [-0.1, -0.05) is 6.92 Å². The maximum Gasteiger partial charge on any atom is 0.261 e. The Balaban J connectivity index is 2.31. The van der Waals surface area contributed by atoms with Crippen LogP contribution in [0.15, 0.2) is 23.1 Å².